The van der Waals surface area contributed by atoms with Crippen LogP contribution in [0.2, 0.25) is 0 Å². The van der Waals surface area contributed by atoms with Crippen LogP contribution in [0.3, 0.4) is 0 Å². The Hall–Kier alpha value is -1.65. The van der Waals surface area contributed by atoms with Crippen molar-refractivity contribution in [2.24, 2.45) is 0 Å². The van der Waals surface area contributed by atoms with Gasteiger partial charge >= 0.3 is 0 Å². The Bertz CT molecular complexity index is 557. The molecular formula is C18H26N4. The van der Waals surface area contributed by atoms with Crippen LogP contribution in [-0.4, -0.2) is 40.9 Å². The van der Waals surface area contributed by atoms with Gasteiger partial charge in [0, 0.05) is 31.9 Å². The standard InChI is InChI=1S/C18H26N4/c1-21(17-7-5-6-8-17)14-12-19-15-16-11-13-22(20-16)18-9-3-2-4-10-18/h2-4,9-11,13,17,19H,5-8,12,14-15H2,1H3. The number of hydrogen-bond acceptors (Lipinski definition) is 3. The van der Waals surface area contributed by atoms with Gasteiger partial charge in [-0.2, -0.15) is 5.10 Å². The first kappa shape index (κ1) is 15.3. The third-order valence-electron chi connectivity index (χ3n) is 4.56. The van der Waals surface area contributed by atoms with Crippen LogP contribution in [0.1, 0.15) is 31.4 Å². The highest BCUT2D eigenvalue weighted by Gasteiger charge is 2.18. The van der Waals surface area contributed by atoms with E-state index in [2.05, 4.69) is 40.6 Å². The summed E-state index contributed by atoms with van der Waals surface area (Å²) < 4.78 is 1.93. The molecule has 0 bridgehead atoms. The zero-order valence-electron chi connectivity index (χ0n) is 13.4. The van der Waals surface area contributed by atoms with Crippen LogP contribution in [0.15, 0.2) is 42.6 Å². The summed E-state index contributed by atoms with van der Waals surface area (Å²) in [5, 5.41) is 8.12. The Kier molecular flexibility index (Phi) is 5.24. The number of nitrogens with zero attached hydrogens (tertiary/aromatic N) is 3. The molecular weight excluding hydrogens is 272 g/mol. The summed E-state index contributed by atoms with van der Waals surface area (Å²) in [6, 6.07) is 13.1. The molecule has 0 amide bonds. The van der Waals surface area contributed by atoms with E-state index >= 15 is 0 Å². The molecule has 22 heavy (non-hydrogen) atoms. The molecule has 1 aliphatic rings. The summed E-state index contributed by atoms with van der Waals surface area (Å²) >= 11 is 0. The van der Waals surface area contributed by atoms with Gasteiger partial charge < -0.3 is 10.2 Å². The number of para-hydroxylation sites is 1. The minimum atomic E-state index is 0.805. The van der Waals surface area contributed by atoms with Crippen LogP contribution >= 0.6 is 0 Å². The highest BCUT2D eigenvalue weighted by atomic mass is 15.3. The average molecular weight is 298 g/mol. The number of hydrogen-bond donors (Lipinski definition) is 1. The van der Waals surface area contributed by atoms with Crippen molar-refractivity contribution >= 4 is 0 Å². The molecule has 1 saturated carbocycles. The second kappa shape index (κ2) is 7.56. The molecule has 0 unspecified atom stereocenters. The maximum atomic E-state index is 4.62. The van der Waals surface area contributed by atoms with Gasteiger partial charge in [0.1, 0.15) is 0 Å². The molecule has 4 heteroatoms. The second-order valence-electron chi connectivity index (χ2n) is 6.18. The fourth-order valence-electron chi connectivity index (χ4n) is 3.18. The summed E-state index contributed by atoms with van der Waals surface area (Å²) in [4.78, 5) is 2.50. The number of likely N-dealkylation sites (N-methyl/N-ethyl adjacent to an activating group) is 1. The first-order valence-electron chi connectivity index (χ1n) is 8.34. The van der Waals surface area contributed by atoms with Crippen molar-refractivity contribution in [3.05, 3.63) is 48.3 Å². The first-order valence-corrected chi connectivity index (χ1v) is 8.34. The highest BCUT2D eigenvalue weighted by molar-refractivity contribution is 5.30. The van der Waals surface area contributed by atoms with Crippen LogP contribution in [-0.2, 0) is 6.54 Å². The predicted molar refractivity (Wildman–Crippen MR) is 90.2 cm³/mol. The van der Waals surface area contributed by atoms with Crippen LogP contribution in [0.25, 0.3) is 5.69 Å². The van der Waals surface area contributed by atoms with E-state index in [4.69, 9.17) is 0 Å². The summed E-state index contributed by atoms with van der Waals surface area (Å²) in [5.41, 5.74) is 2.20. The molecule has 0 saturated heterocycles. The zero-order chi connectivity index (χ0) is 15.2. The quantitative estimate of drug-likeness (QED) is 0.798. The monoisotopic (exact) mass is 298 g/mol. The molecule has 0 aliphatic heterocycles. The molecule has 0 atom stereocenters. The lowest BCUT2D eigenvalue weighted by atomic mass is 10.2. The summed E-state index contributed by atoms with van der Waals surface area (Å²) in [6.07, 6.45) is 7.58. The number of rotatable bonds is 7. The fourth-order valence-corrected chi connectivity index (χ4v) is 3.18. The maximum absolute atomic E-state index is 4.62. The minimum absolute atomic E-state index is 0.805. The van der Waals surface area contributed by atoms with Crippen molar-refractivity contribution in [1.29, 1.82) is 0 Å². The Balaban J connectivity index is 1.41. The van der Waals surface area contributed by atoms with Gasteiger partial charge in [-0.25, -0.2) is 4.68 Å². The van der Waals surface area contributed by atoms with Crippen molar-refractivity contribution < 1.29 is 0 Å². The molecule has 1 aliphatic carbocycles. The highest BCUT2D eigenvalue weighted by Crippen LogP contribution is 2.21. The van der Waals surface area contributed by atoms with Crippen LogP contribution in [0.5, 0.6) is 0 Å². The van der Waals surface area contributed by atoms with Gasteiger partial charge in [0.2, 0.25) is 0 Å². The van der Waals surface area contributed by atoms with Crippen molar-refractivity contribution in [1.82, 2.24) is 20.0 Å². The van der Waals surface area contributed by atoms with Gasteiger partial charge in [0.25, 0.3) is 0 Å². The van der Waals surface area contributed by atoms with Crippen LogP contribution in [0.4, 0.5) is 0 Å². The van der Waals surface area contributed by atoms with Gasteiger partial charge in [-0.05, 0) is 38.1 Å². The molecule has 1 aromatic heterocycles. The van der Waals surface area contributed by atoms with E-state index in [9.17, 15) is 0 Å². The smallest absolute Gasteiger partial charge is 0.0766 e. The SMILES string of the molecule is CN(CCNCc1ccn(-c2ccccc2)n1)C1CCCC1. The lowest BCUT2D eigenvalue weighted by molar-refractivity contribution is 0.245. The molecule has 0 spiro atoms. The molecule has 4 nitrogen and oxygen atoms in total. The third-order valence-corrected chi connectivity index (χ3v) is 4.56. The van der Waals surface area contributed by atoms with Crippen molar-refractivity contribution in [3.63, 3.8) is 0 Å². The van der Waals surface area contributed by atoms with Gasteiger partial charge in [-0.3, -0.25) is 0 Å². The van der Waals surface area contributed by atoms with Gasteiger partial charge in [-0.1, -0.05) is 31.0 Å². The predicted octanol–water partition coefficient (Wildman–Crippen LogP) is 2.84. The van der Waals surface area contributed by atoms with Gasteiger partial charge in [0.05, 0.1) is 11.4 Å². The van der Waals surface area contributed by atoms with E-state index in [0.717, 1.165) is 37.1 Å². The molecule has 1 heterocycles. The number of aromatic nitrogens is 2. The van der Waals surface area contributed by atoms with E-state index in [0.29, 0.717) is 0 Å². The zero-order valence-corrected chi connectivity index (χ0v) is 13.4. The average Bonchev–Trinajstić information content (AvgIpc) is 3.24. The van der Waals surface area contributed by atoms with Gasteiger partial charge in [0.15, 0.2) is 0 Å². The van der Waals surface area contributed by atoms with E-state index < -0.39 is 0 Å². The molecule has 1 fully saturated rings. The maximum Gasteiger partial charge on any atom is 0.0766 e. The fraction of sp³-hybridized carbons (Fsp3) is 0.500. The molecule has 1 aromatic carbocycles. The minimum Gasteiger partial charge on any atom is -0.310 e. The van der Waals surface area contributed by atoms with E-state index in [-0.39, 0.29) is 0 Å². The van der Waals surface area contributed by atoms with E-state index in [1.165, 1.54) is 25.7 Å². The summed E-state index contributed by atoms with van der Waals surface area (Å²) in [7, 11) is 2.25. The summed E-state index contributed by atoms with van der Waals surface area (Å²) in [5.74, 6) is 0. The van der Waals surface area contributed by atoms with Gasteiger partial charge in [-0.15, -0.1) is 0 Å². The molecule has 118 valence electrons. The Morgan fingerprint density at radius 2 is 1.95 bits per heavy atom. The largest absolute Gasteiger partial charge is 0.310 e. The van der Waals surface area contributed by atoms with Crippen LogP contribution < -0.4 is 5.32 Å². The van der Waals surface area contributed by atoms with Crippen molar-refractivity contribution in [3.8, 4) is 5.69 Å². The molecule has 1 N–H and O–H groups in total. The Morgan fingerprint density at radius 3 is 2.73 bits per heavy atom. The van der Waals surface area contributed by atoms with Crippen molar-refractivity contribution in [2.75, 3.05) is 20.1 Å². The Labute approximate surface area is 133 Å². The third kappa shape index (κ3) is 3.96. The van der Waals surface area contributed by atoms with Crippen molar-refractivity contribution in [2.45, 2.75) is 38.3 Å². The van der Waals surface area contributed by atoms with E-state index in [1.54, 1.807) is 0 Å². The number of nitrogens with one attached hydrogen (secondary N) is 1. The first-order chi connectivity index (χ1) is 10.8. The molecule has 0 radical (unpaired) electrons. The molecule has 3 rings (SSSR count). The lowest BCUT2D eigenvalue weighted by Crippen LogP contribution is -2.35. The Morgan fingerprint density at radius 1 is 1.18 bits per heavy atom. The second-order valence-corrected chi connectivity index (χ2v) is 6.18. The van der Waals surface area contributed by atoms with E-state index in [1.807, 2.05) is 29.1 Å². The summed E-state index contributed by atoms with van der Waals surface area (Å²) in [6.45, 7) is 2.97. The molecule has 2 aromatic rings. The normalized spacial score (nSPS) is 15.7. The lowest BCUT2D eigenvalue weighted by Gasteiger charge is -2.23. The number of benzene rings is 1. The van der Waals surface area contributed by atoms with Crippen LogP contribution in [0, 0.1) is 0 Å². The topological polar surface area (TPSA) is 33.1 Å².